The summed E-state index contributed by atoms with van der Waals surface area (Å²) >= 11 is 0. The summed E-state index contributed by atoms with van der Waals surface area (Å²) in [5.74, 6) is 1.18. The van der Waals surface area contributed by atoms with E-state index >= 15 is 0 Å². The number of rotatable bonds is 5. The Morgan fingerprint density at radius 1 is 1.50 bits per heavy atom. The molecule has 1 aliphatic heterocycles. The molecule has 6 heteroatoms. The minimum absolute atomic E-state index is 0.0137. The Labute approximate surface area is 119 Å². The van der Waals surface area contributed by atoms with Crippen molar-refractivity contribution >= 4 is 11.7 Å². The van der Waals surface area contributed by atoms with Crippen molar-refractivity contribution < 1.29 is 9.32 Å². The van der Waals surface area contributed by atoms with E-state index in [-0.39, 0.29) is 11.4 Å². The first-order valence-electron chi connectivity index (χ1n) is 7.15. The van der Waals surface area contributed by atoms with Crippen LogP contribution in [0.3, 0.4) is 0 Å². The second kappa shape index (κ2) is 6.37. The molecule has 0 unspecified atom stereocenters. The van der Waals surface area contributed by atoms with E-state index in [0.29, 0.717) is 18.0 Å². The summed E-state index contributed by atoms with van der Waals surface area (Å²) in [5, 5.41) is 9.87. The van der Waals surface area contributed by atoms with Gasteiger partial charge in [0.1, 0.15) is 5.76 Å². The quantitative estimate of drug-likeness (QED) is 0.853. The van der Waals surface area contributed by atoms with E-state index in [0.717, 1.165) is 32.5 Å². The van der Waals surface area contributed by atoms with Gasteiger partial charge in [0.25, 0.3) is 0 Å². The highest BCUT2D eigenvalue weighted by atomic mass is 16.5. The number of hydrogen-bond acceptors (Lipinski definition) is 5. The summed E-state index contributed by atoms with van der Waals surface area (Å²) in [6.07, 6.45) is 2.73. The first kappa shape index (κ1) is 15.0. The average molecular weight is 280 g/mol. The van der Waals surface area contributed by atoms with Gasteiger partial charge in [-0.3, -0.25) is 4.79 Å². The smallest absolute Gasteiger partial charge is 0.226 e. The van der Waals surface area contributed by atoms with Crippen LogP contribution in [0.1, 0.15) is 31.9 Å². The predicted octanol–water partition coefficient (Wildman–Crippen LogP) is 1.39. The van der Waals surface area contributed by atoms with E-state index in [4.69, 9.17) is 4.52 Å². The molecule has 2 heterocycles. The fourth-order valence-corrected chi connectivity index (χ4v) is 2.41. The van der Waals surface area contributed by atoms with Crippen molar-refractivity contribution in [2.75, 3.05) is 32.0 Å². The maximum absolute atomic E-state index is 11.8. The molecular formula is C14H24N4O2. The van der Waals surface area contributed by atoms with Crippen molar-refractivity contribution in [3.05, 3.63) is 11.8 Å². The third kappa shape index (κ3) is 4.05. The normalized spacial score (nSPS) is 18.9. The van der Waals surface area contributed by atoms with Gasteiger partial charge in [0.2, 0.25) is 5.91 Å². The molecule has 2 rings (SSSR count). The maximum Gasteiger partial charge on any atom is 0.226 e. The monoisotopic (exact) mass is 280 g/mol. The number of nitrogens with zero attached hydrogens (tertiary/aromatic N) is 2. The van der Waals surface area contributed by atoms with Gasteiger partial charge in [0.05, 0.1) is 0 Å². The van der Waals surface area contributed by atoms with Gasteiger partial charge < -0.3 is 20.1 Å². The number of hydrogen-bond donors (Lipinski definition) is 2. The molecule has 0 aromatic carbocycles. The molecule has 1 amide bonds. The lowest BCUT2D eigenvalue weighted by Gasteiger charge is -2.39. The van der Waals surface area contributed by atoms with Gasteiger partial charge in [0.15, 0.2) is 5.82 Å². The third-order valence-corrected chi connectivity index (χ3v) is 4.11. The van der Waals surface area contributed by atoms with E-state index in [1.165, 1.54) is 0 Å². The van der Waals surface area contributed by atoms with Gasteiger partial charge in [-0.15, -0.1) is 0 Å². The van der Waals surface area contributed by atoms with Crippen molar-refractivity contribution in [3.63, 3.8) is 0 Å². The molecular weight excluding hydrogens is 256 g/mol. The van der Waals surface area contributed by atoms with Crippen LogP contribution in [0.5, 0.6) is 0 Å². The lowest BCUT2D eigenvalue weighted by molar-refractivity contribution is -0.116. The van der Waals surface area contributed by atoms with Crippen LogP contribution in [-0.4, -0.2) is 48.2 Å². The Morgan fingerprint density at radius 3 is 2.75 bits per heavy atom. The fourth-order valence-electron chi connectivity index (χ4n) is 2.41. The molecule has 1 aliphatic rings. The second-order valence-electron chi connectivity index (χ2n) is 5.77. The predicted molar refractivity (Wildman–Crippen MR) is 77.6 cm³/mol. The summed E-state index contributed by atoms with van der Waals surface area (Å²) in [6, 6.07) is 1.72. The van der Waals surface area contributed by atoms with Crippen LogP contribution in [0.15, 0.2) is 10.6 Å². The van der Waals surface area contributed by atoms with Gasteiger partial charge in [-0.1, -0.05) is 5.16 Å². The Morgan fingerprint density at radius 2 is 2.20 bits per heavy atom. The summed E-state index contributed by atoms with van der Waals surface area (Å²) < 4.78 is 4.91. The van der Waals surface area contributed by atoms with Crippen LogP contribution < -0.4 is 10.6 Å². The third-order valence-electron chi connectivity index (χ3n) is 4.11. The molecule has 0 atom stereocenters. The second-order valence-corrected chi connectivity index (χ2v) is 5.77. The SMILES string of the molecule is CNC1(C)CCN(CCC(=O)Nc2cc(C)on2)CC1. The number of aryl methyl sites for hydroxylation is 1. The lowest BCUT2D eigenvalue weighted by Crippen LogP contribution is -2.50. The topological polar surface area (TPSA) is 70.4 Å². The Kier molecular flexibility index (Phi) is 4.77. The molecule has 1 fully saturated rings. The Bertz CT molecular complexity index is 450. The van der Waals surface area contributed by atoms with Gasteiger partial charge in [0, 0.05) is 24.6 Å². The summed E-state index contributed by atoms with van der Waals surface area (Å²) in [6.45, 7) is 6.92. The Balaban J connectivity index is 1.69. The Hall–Kier alpha value is -1.40. The number of amides is 1. The van der Waals surface area contributed by atoms with Crippen LogP contribution in [-0.2, 0) is 4.79 Å². The molecule has 1 aromatic heterocycles. The number of aromatic nitrogens is 1. The zero-order valence-electron chi connectivity index (χ0n) is 12.5. The number of piperidine rings is 1. The molecule has 112 valence electrons. The van der Waals surface area contributed by atoms with E-state index in [2.05, 4.69) is 27.6 Å². The fraction of sp³-hybridized carbons (Fsp3) is 0.714. The van der Waals surface area contributed by atoms with Crippen LogP contribution in [0.4, 0.5) is 5.82 Å². The van der Waals surface area contributed by atoms with Crippen LogP contribution in [0.25, 0.3) is 0 Å². The molecule has 20 heavy (non-hydrogen) atoms. The van der Waals surface area contributed by atoms with Crippen LogP contribution in [0.2, 0.25) is 0 Å². The van der Waals surface area contributed by atoms with Gasteiger partial charge in [-0.2, -0.15) is 0 Å². The highest BCUT2D eigenvalue weighted by Crippen LogP contribution is 2.21. The summed E-state index contributed by atoms with van der Waals surface area (Å²) in [5.41, 5.74) is 0.247. The zero-order chi connectivity index (χ0) is 14.6. The van der Waals surface area contributed by atoms with E-state index in [1.54, 1.807) is 13.0 Å². The van der Waals surface area contributed by atoms with E-state index in [9.17, 15) is 4.79 Å². The van der Waals surface area contributed by atoms with Gasteiger partial charge in [-0.25, -0.2) is 0 Å². The molecule has 6 nitrogen and oxygen atoms in total. The largest absolute Gasteiger partial charge is 0.360 e. The molecule has 1 saturated heterocycles. The van der Waals surface area contributed by atoms with Crippen molar-refractivity contribution in [3.8, 4) is 0 Å². The lowest BCUT2D eigenvalue weighted by atomic mass is 9.90. The summed E-state index contributed by atoms with van der Waals surface area (Å²) in [4.78, 5) is 14.2. The molecule has 0 bridgehead atoms. The number of likely N-dealkylation sites (tertiary alicyclic amines) is 1. The molecule has 0 spiro atoms. The van der Waals surface area contributed by atoms with E-state index < -0.39 is 0 Å². The number of carbonyl (C=O) groups excluding carboxylic acids is 1. The highest BCUT2D eigenvalue weighted by molar-refractivity contribution is 5.89. The van der Waals surface area contributed by atoms with Crippen molar-refractivity contribution in [1.29, 1.82) is 0 Å². The highest BCUT2D eigenvalue weighted by Gasteiger charge is 2.28. The molecule has 0 aliphatic carbocycles. The zero-order valence-corrected chi connectivity index (χ0v) is 12.5. The van der Waals surface area contributed by atoms with Crippen LogP contribution in [0, 0.1) is 6.92 Å². The van der Waals surface area contributed by atoms with Gasteiger partial charge >= 0.3 is 0 Å². The van der Waals surface area contributed by atoms with Gasteiger partial charge in [-0.05, 0) is 46.8 Å². The van der Waals surface area contributed by atoms with Crippen LogP contribution >= 0.6 is 0 Å². The number of nitrogens with one attached hydrogen (secondary N) is 2. The van der Waals surface area contributed by atoms with Crippen molar-refractivity contribution in [1.82, 2.24) is 15.4 Å². The van der Waals surface area contributed by atoms with Crippen molar-refractivity contribution in [2.24, 2.45) is 0 Å². The molecule has 0 radical (unpaired) electrons. The van der Waals surface area contributed by atoms with E-state index in [1.807, 2.05) is 7.05 Å². The minimum atomic E-state index is -0.0137. The molecule has 2 N–H and O–H groups in total. The number of carbonyl (C=O) groups is 1. The summed E-state index contributed by atoms with van der Waals surface area (Å²) in [7, 11) is 2.02. The first-order chi connectivity index (χ1) is 9.50. The molecule has 0 saturated carbocycles. The average Bonchev–Trinajstić information content (AvgIpc) is 2.83. The standard InChI is InChI=1S/C14H24N4O2/c1-11-10-12(17-20-11)16-13(19)4-7-18-8-5-14(2,15-3)6-9-18/h10,15H,4-9H2,1-3H3,(H,16,17,19). The first-order valence-corrected chi connectivity index (χ1v) is 7.15. The maximum atomic E-state index is 11.8. The molecule has 1 aromatic rings. The number of anilines is 1. The van der Waals surface area contributed by atoms with Crippen molar-refractivity contribution in [2.45, 2.75) is 38.6 Å². The minimum Gasteiger partial charge on any atom is -0.360 e.